The maximum Gasteiger partial charge on any atom is 0.153 e. The van der Waals surface area contributed by atoms with Crippen LogP contribution in [-0.4, -0.2) is 53.4 Å². The summed E-state index contributed by atoms with van der Waals surface area (Å²) in [5.74, 6) is 0.964. The van der Waals surface area contributed by atoms with Crippen LogP contribution in [0.25, 0.3) is 0 Å². The summed E-state index contributed by atoms with van der Waals surface area (Å²) in [6.07, 6.45) is 6.54. The Hall–Kier alpha value is -1.43. The van der Waals surface area contributed by atoms with Crippen LogP contribution >= 0.6 is 0 Å². The molecule has 0 radical (unpaired) electrons. The van der Waals surface area contributed by atoms with Crippen molar-refractivity contribution in [2.45, 2.75) is 37.5 Å². The quantitative estimate of drug-likeness (QED) is 0.682. The number of nitrogens with two attached hydrogens (primary N) is 1. The summed E-state index contributed by atoms with van der Waals surface area (Å²) in [6, 6.07) is 0.308. The molecule has 6 nitrogen and oxygen atoms in total. The fourth-order valence-electron chi connectivity index (χ4n) is 2.88. The zero-order valence-corrected chi connectivity index (χ0v) is 9.61. The first kappa shape index (κ1) is 10.7. The molecule has 0 spiro atoms. The maximum atomic E-state index is 9.18. The molecule has 92 valence electrons. The van der Waals surface area contributed by atoms with E-state index in [-0.39, 0.29) is 18.8 Å². The summed E-state index contributed by atoms with van der Waals surface area (Å²) in [4.78, 5) is 14.9. The Bertz CT molecular complexity index is 391. The van der Waals surface area contributed by atoms with Gasteiger partial charge in [0.05, 0.1) is 6.34 Å². The Morgan fingerprint density at radius 1 is 1.41 bits per heavy atom. The molecule has 2 heterocycles. The SMILES string of the molecule is NC1=NC=NC2C1N=CN2C1CCC(CO)C1. The van der Waals surface area contributed by atoms with E-state index in [4.69, 9.17) is 5.73 Å². The lowest BCUT2D eigenvalue weighted by molar-refractivity contribution is 0.211. The number of aliphatic hydroxyl groups is 1. The third kappa shape index (κ3) is 1.72. The van der Waals surface area contributed by atoms with Crippen LogP contribution in [0.1, 0.15) is 19.3 Å². The molecule has 2 aliphatic heterocycles. The molecule has 4 unspecified atom stereocenters. The zero-order chi connectivity index (χ0) is 11.8. The lowest BCUT2D eigenvalue weighted by Crippen LogP contribution is -2.47. The number of aliphatic hydroxyl groups excluding tert-OH is 1. The highest BCUT2D eigenvalue weighted by atomic mass is 16.3. The molecule has 0 aromatic carbocycles. The fourth-order valence-corrected chi connectivity index (χ4v) is 2.88. The van der Waals surface area contributed by atoms with Crippen molar-refractivity contribution in [3.8, 4) is 0 Å². The van der Waals surface area contributed by atoms with E-state index in [1.54, 1.807) is 0 Å². The van der Waals surface area contributed by atoms with Crippen molar-refractivity contribution in [2.75, 3.05) is 6.61 Å². The van der Waals surface area contributed by atoms with E-state index in [0.29, 0.717) is 17.8 Å². The first-order chi connectivity index (χ1) is 8.29. The van der Waals surface area contributed by atoms with Gasteiger partial charge in [-0.05, 0) is 25.2 Å². The van der Waals surface area contributed by atoms with Gasteiger partial charge in [0.15, 0.2) is 6.17 Å². The van der Waals surface area contributed by atoms with Gasteiger partial charge in [-0.15, -0.1) is 0 Å². The fraction of sp³-hybridized carbons (Fsp3) is 0.727. The van der Waals surface area contributed by atoms with Crippen molar-refractivity contribution in [1.29, 1.82) is 0 Å². The average molecular weight is 235 g/mol. The van der Waals surface area contributed by atoms with Gasteiger partial charge in [-0.25, -0.2) is 9.98 Å². The highest BCUT2D eigenvalue weighted by Gasteiger charge is 2.40. The van der Waals surface area contributed by atoms with Gasteiger partial charge in [0.1, 0.15) is 18.2 Å². The van der Waals surface area contributed by atoms with Gasteiger partial charge in [0, 0.05) is 12.6 Å². The smallest absolute Gasteiger partial charge is 0.153 e. The van der Waals surface area contributed by atoms with Crippen molar-refractivity contribution in [2.24, 2.45) is 26.6 Å². The number of aliphatic imine (C=N–C) groups is 3. The van der Waals surface area contributed by atoms with Crippen molar-refractivity contribution < 1.29 is 5.11 Å². The molecule has 3 rings (SSSR count). The van der Waals surface area contributed by atoms with Gasteiger partial charge < -0.3 is 15.7 Å². The number of nitrogens with zero attached hydrogens (tertiary/aromatic N) is 4. The van der Waals surface area contributed by atoms with E-state index < -0.39 is 0 Å². The number of rotatable bonds is 2. The second-order valence-corrected chi connectivity index (χ2v) is 4.90. The average Bonchev–Trinajstić information content (AvgIpc) is 2.94. The Balaban J connectivity index is 1.73. The highest BCUT2D eigenvalue weighted by Crippen LogP contribution is 2.32. The van der Waals surface area contributed by atoms with E-state index in [1.807, 2.05) is 6.34 Å². The summed E-state index contributed by atoms with van der Waals surface area (Å²) in [5, 5.41) is 9.18. The summed E-state index contributed by atoms with van der Waals surface area (Å²) in [7, 11) is 0. The minimum Gasteiger partial charge on any atom is -0.396 e. The molecule has 0 saturated heterocycles. The minimum absolute atomic E-state index is 0.0186. The Kier molecular flexibility index (Phi) is 2.58. The first-order valence-electron chi connectivity index (χ1n) is 6.06. The van der Waals surface area contributed by atoms with Crippen molar-refractivity contribution in [3.05, 3.63) is 0 Å². The molecule has 0 aromatic rings. The third-order valence-electron chi connectivity index (χ3n) is 3.87. The van der Waals surface area contributed by atoms with Crippen molar-refractivity contribution in [3.63, 3.8) is 0 Å². The van der Waals surface area contributed by atoms with Gasteiger partial charge in [-0.3, -0.25) is 4.99 Å². The van der Waals surface area contributed by atoms with Crippen LogP contribution in [0.15, 0.2) is 15.0 Å². The molecular weight excluding hydrogens is 218 g/mol. The van der Waals surface area contributed by atoms with Gasteiger partial charge in [-0.1, -0.05) is 0 Å². The van der Waals surface area contributed by atoms with Crippen LogP contribution in [0.4, 0.5) is 0 Å². The topological polar surface area (TPSA) is 86.6 Å². The second kappa shape index (κ2) is 4.10. The van der Waals surface area contributed by atoms with E-state index in [9.17, 15) is 5.11 Å². The molecular formula is C11H17N5O. The van der Waals surface area contributed by atoms with Crippen LogP contribution in [-0.2, 0) is 0 Å². The molecule has 3 aliphatic rings. The number of hydrogen-bond donors (Lipinski definition) is 2. The van der Waals surface area contributed by atoms with Crippen LogP contribution in [0, 0.1) is 5.92 Å². The number of hydrogen-bond acceptors (Lipinski definition) is 6. The molecule has 0 aromatic heterocycles. The lowest BCUT2D eigenvalue weighted by Gasteiger charge is -2.30. The molecule has 3 N–H and O–H groups in total. The number of amidine groups is 1. The van der Waals surface area contributed by atoms with Crippen LogP contribution in [0.2, 0.25) is 0 Å². The Morgan fingerprint density at radius 3 is 3.06 bits per heavy atom. The largest absolute Gasteiger partial charge is 0.396 e. The Morgan fingerprint density at radius 2 is 2.29 bits per heavy atom. The van der Waals surface area contributed by atoms with Crippen LogP contribution in [0.3, 0.4) is 0 Å². The highest BCUT2D eigenvalue weighted by molar-refractivity contribution is 5.96. The molecule has 4 atom stereocenters. The molecule has 6 heteroatoms. The maximum absolute atomic E-state index is 9.18. The third-order valence-corrected chi connectivity index (χ3v) is 3.87. The monoisotopic (exact) mass is 235 g/mol. The number of fused-ring (bicyclic) bond motifs is 1. The lowest BCUT2D eigenvalue weighted by atomic mass is 10.1. The van der Waals surface area contributed by atoms with E-state index in [2.05, 4.69) is 19.9 Å². The summed E-state index contributed by atoms with van der Waals surface area (Å²) >= 11 is 0. The Labute approximate surface area is 100.0 Å². The zero-order valence-electron chi connectivity index (χ0n) is 9.61. The first-order valence-corrected chi connectivity index (χ1v) is 6.06. The van der Waals surface area contributed by atoms with E-state index in [1.165, 1.54) is 6.34 Å². The van der Waals surface area contributed by atoms with E-state index in [0.717, 1.165) is 19.3 Å². The van der Waals surface area contributed by atoms with E-state index >= 15 is 0 Å². The minimum atomic E-state index is -0.117. The van der Waals surface area contributed by atoms with Crippen LogP contribution in [0.5, 0.6) is 0 Å². The van der Waals surface area contributed by atoms with Crippen LogP contribution < -0.4 is 5.73 Å². The summed E-state index contributed by atoms with van der Waals surface area (Å²) < 4.78 is 0. The summed E-state index contributed by atoms with van der Waals surface area (Å²) in [5.41, 5.74) is 5.81. The molecule has 1 fully saturated rings. The molecule has 0 amide bonds. The van der Waals surface area contributed by atoms with Gasteiger partial charge in [0.2, 0.25) is 0 Å². The molecule has 1 saturated carbocycles. The molecule has 17 heavy (non-hydrogen) atoms. The molecule has 0 bridgehead atoms. The van der Waals surface area contributed by atoms with Gasteiger partial charge >= 0.3 is 0 Å². The second-order valence-electron chi connectivity index (χ2n) is 4.90. The predicted octanol–water partition coefficient (Wildman–Crippen LogP) is -0.415. The normalized spacial score (nSPS) is 39.6. The van der Waals surface area contributed by atoms with Gasteiger partial charge in [0.25, 0.3) is 0 Å². The predicted molar refractivity (Wildman–Crippen MR) is 66.2 cm³/mol. The van der Waals surface area contributed by atoms with Crippen molar-refractivity contribution >= 4 is 18.5 Å². The summed E-state index contributed by atoms with van der Waals surface area (Å²) in [6.45, 7) is 0.280. The van der Waals surface area contributed by atoms with Gasteiger partial charge in [-0.2, -0.15) is 0 Å². The molecule has 1 aliphatic carbocycles. The van der Waals surface area contributed by atoms with Crippen molar-refractivity contribution in [1.82, 2.24) is 4.90 Å². The standard InChI is InChI=1S/C11H17N5O/c12-10-9-11(14-5-13-10)16(6-15-9)8-2-1-7(3-8)4-17/h5-9,11,17H,1-4H2,(H2,12,13,14).